The van der Waals surface area contributed by atoms with Crippen LogP contribution in [0.3, 0.4) is 0 Å². The summed E-state index contributed by atoms with van der Waals surface area (Å²) in [6, 6.07) is 13.2. The first-order valence-electron chi connectivity index (χ1n) is 11.3. The van der Waals surface area contributed by atoms with Crippen molar-refractivity contribution in [3.8, 4) is 22.9 Å². The number of methoxy groups -OCH3 is 2. The number of amides is 1. The van der Waals surface area contributed by atoms with Crippen LogP contribution in [-0.2, 0) is 17.8 Å². The van der Waals surface area contributed by atoms with Crippen LogP contribution in [0.1, 0.15) is 24.3 Å². The minimum Gasteiger partial charge on any atom is -0.493 e. The van der Waals surface area contributed by atoms with E-state index in [0.717, 1.165) is 48.5 Å². The van der Waals surface area contributed by atoms with E-state index < -0.39 is 0 Å². The Kier molecular flexibility index (Phi) is 8.03. The Morgan fingerprint density at radius 2 is 1.85 bits per heavy atom. The molecule has 1 aliphatic heterocycles. The first-order chi connectivity index (χ1) is 16.6. The van der Waals surface area contributed by atoms with Crippen LogP contribution in [0.25, 0.3) is 11.4 Å². The number of nitrogens with one attached hydrogen (secondary N) is 1. The lowest BCUT2D eigenvalue weighted by Crippen LogP contribution is -2.40. The maximum absolute atomic E-state index is 12.6. The van der Waals surface area contributed by atoms with Gasteiger partial charge in [0.2, 0.25) is 17.6 Å². The van der Waals surface area contributed by atoms with E-state index in [0.29, 0.717) is 36.3 Å². The molecule has 0 atom stereocenters. The molecule has 1 aliphatic rings. The molecule has 1 saturated heterocycles. The Morgan fingerprint density at radius 1 is 1.12 bits per heavy atom. The number of aromatic nitrogens is 2. The van der Waals surface area contributed by atoms with E-state index >= 15 is 0 Å². The summed E-state index contributed by atoms with van der Waals surface area (Å²) in [5.41, 5.74) is 1.95. The van der Waals surface area contributed by atoms with Crippen molar-refractivity contribution >= 4 is 17.5 Å². The van der Waals surface area contributed by atoms with Crippen molar-refractivity contribution in [1.29, 1.82) is 0 Å². The van der Waals surface area contributed by atoms with Gasteiger partial charge in [0.05, 0.1) is 20.8 Å². The number of carbonyl (C=O) groups excluding carboxylic acids is 1. The molecule has 0 bridgehead atoms. The van der Waals surface area contributed by atoms with Gasteiger partial charge in [0.1, 0.15) is 0 Å². The second-order valence-corrected chi connectivity index (χ2v) is 8.74. The summed E-state index contributed by atoms with van der Waals surface area (Å²) in [6.45, 7) is 2.81. The van der Waals surface area contributed by atoms with Crippen LogP contribution >= 0.6 is 11.6 Å². The Labute approximate surface area is 204 Å². The average molecular weight is 485 g/mol. The van der Waals surface area contributed by atoms with Gasteiger partial charge in [0.15, 0.2) is 11.5 Å². The van der Waals surface area contributed by atoms with Gasteiger partial charge in [-0.15, -0.1) is 0 Å². The van der Waals surface area contributed by atoms with Crippen LogP contribution in [0.2, 0.25) is 5.02 Å². The number of ether oxygens (including phenoxy) is 2. The zero-order valence-electron chi connectivity index (χ0n) is 19.4. The minimum absolute atomic E-state index is 0.0338. The van der Waals surface area contributed by atoms with Crippen molar-refractivity contribution in [3.63, 3.8) is 0 Å². The number of piperidine rings is 1. The number of nitrogens with zero attached hydrogens (tertiary/aromatic N) is 3. The fraction of sp³-hybridized carbons (Fsp3) is 0.400. The molecule has 2 heterocycles. The van der Waals surface area contributed by atoms with Crippen LogP contribution in [0.4, 0.5) is 0 Å². The van der Waals surface area contributed by atoms with Gasteiger partial charge >= 0.3 is 0 Å². The van der Waals surface area contributed by atoms with Gasteiger partial charge in [-0.05, 0) is 68.2 Å². The Bertz CT molecular complexity index is 1090. The normalized spacial score (nSPS) is 14.7. The van der Waals surface area contributed by atoms with E-state index in [1.165, 1.54) is 0 Å². The van der Waals surface area contributed by atoms with Gasteiger partial charge in [-0.1, -0.05) is 28.9 Å². The highest BCUT2D eigenvalue weighted by Crippen LogP contribution is 2.31. The number of likely N-dealkylation sites (tertiary alicyclic amines) is 1. The SMILES string of the molecule is COc1ccc(-c2noc(CN3CCC(C(=O)NCCc4ccc(Cl)cc4)CC3)n2)cc1OC. The zero-order chi connectivity index (χ0) is 23.9. The number of halogens is 1. The first-order valence-corrected chi connectivity index (χ1v) is 11.7. The average Bonchev–Trinajstić information content (AvgIpc) is 3.33. The molecule has 8 nitrogen and oxygen atoms in total. The van der Waals surface area contributed by atoms with E-state index in [1.807, 2.05) is 42.5 Å². The van der Waals surface area contributed by atoms with Gasteiger partial charge in [0.25, 0.3) is 0 Å². The third kappa shape index (κ3) is 6.07. The molecule has 0 spiro atoms. The van der Waals surface area contributed by atoms with Gasteiger partial charge in [-0.3, -0.25) is 9.69 Å². The highest BCUT2D eigenvalue weighted by atomic mass is 35.5. The molecular weight excluding hydrogens is 456 g/mol. The van der Waals surface area contributed by atoms with Crippen molar-refractivity contribution in [1.82, 2.24) is 20.4 Å². The first kappa shape index (κ1) is 24.0. The number of rotatable bonds is 9. The second-order valence-electron chi connectivity index (χ2n) is 8.30. The zero-order valence-corrected chi connectivity index (χ0v) is 20.2. The number of benzene rings is 2. The molecule has 1 aromatic heterocycles. The third-order valence-corrected chi connectivity index (χ3v) is 6.31. The van der Waals surface area contributed by atoms with Crippen LogP contribution in [0, 0.1) is 5.92 Å². The minimum atomic E-state index is 0.0338. The summed E-state index contributed by atoms with van der Waals surface area (Å²) in [4.78, 5) is 19.3. The summed E-state index contributed by atoms with van der Waals surface area (Å²) in [7, 11) is 3.19. The Balaban J connectivity index is 1.23. The summed E-state index contributed by atoms with van der Waals surface area (Å²) in [6.07, 6.45) is 2.41. The fourth-order valence-corrected chi connectivity index (χ4v) is 4.21. The molecule has 3 aromatic rings. The summed E-state index contributed by atoms with van der Waals surface area (Å²) in [5.74, 6) is 2.47. The lowest BCUT2D eigenvalue weighted by Gasteiger charge is -2.30. The van der Waals surface area contributed by atoms with Crippen molar-refractivity contribution in [3.05, 3.63) is 58.9 Å². The number of carbonyl (C=O) groups is 1. The second kappa shape index (κ2) is 11.4. The van der Waals surface area contributed by atoms with E-state index in [2.05, 4.69) is 20.4 Å². The molecule has 1 N–H and O–H groups in total. The maximum Gasteiger partial charge on any atom is 0.241 e. The topological polar surface area (TPSA) is 89.7 Å². The molecule has 180 valence electrons. The molecule has 0 radical (unpaired) electrons. The van der Waals surface area contributed by atoms with Gasteiger partial charge in [-0.2, -0.15) is 4.98 Å². The van der Waals surface area contributed by atoms with E-state index in [9.17, 15) is 4.79 Å². The molecule has 0 saturated carbocycles. The largest absolute Gasteiger partial charge is 0.493 e. The number of hydrogen-bond acceptors (Lipinski definition) is 7. The summed E-state index contributed by atoms with van der Waals surface area (Å²) < 4.78 is 16.1. The molecule has 0 unspecified atom stereocenters. The standard InChI is InChI=1S/C25H29ClN4O4/c1-32-21-8-5-19(15-22(21)33-2)24-28-23(34-29-24)16-30-13-10-18(11-14-30)25(31)27-12-9-17-3-6-20(26)7-4-17/h3-8,15,18H,9-14,16H2,1-2H3,(H,27,31). The maximum atomic E-state index is 12.6. The lowest BCUT2D eigenvalue weighted by molar-refractivity contribution is -0.126. The molecule has 34 heavy (non-hydrogen) atoms. The Hall–Kier alpha value is -3.10. The molecule has 0 aliphatic carbocycles. The van der Waals surface area contributed by atoms with Crippen molar-refractivity contribution in [2.45, 2.75) is 25.8 Å². The quantitative estimate of drug-likeness (QED) is 0.491. The predicted molar refractivity (Wildman–Crippen MR) is 129 cm³/mol. The van der Waals surface area contributed by atoms with Crippen molar-refractivity contribution < 1.29 is 18.8 Å². The van der Waals surface area contributed by atoms with Gasteiger partial charge in [0, 0.05) is 23.0 Å². The van der Waals surface area contributed by atoms with Crippen LogP contribution < -0.4 is 14.8 Å². The molecule has 1 amide bonds. The fourth-order valence-electron chi connectivity index (χ4n) is 4.08. The molecule has 2 aromatic carbocycles. The monoisotopic (exact) mass is 484 g/mol. The van der Waals surface area contributed by atoms with E-state index in [-0.39, 0.29) is 11.8 Å². The van der Waals surface area contributed by atoms with Crippen LogP contribution in [-0.4, -0.2) is 54.8 Å². The van der Waals surface area contributed by atoms with Crippen LogP contribution in [0.5, 0.6) is 11.5 Å². The van der Waals surface area contributed by atoms with Crippen molar-refractivity contribution in [2.75, 3.05) is 33.9 Å². The van der Waals surface area contributed by atoms with Crippen molar-refractivity contribution in [2.24, 2.45) is 5.92 Å². The summed E-state index contributed by atoms with van der Waals surface area (Å²) >= 11 is 5.92. The molecule has 1 fully saturated rings. The van der Waals surface area contributed by atoms with Gasteiger partial charge < -0.3 is 19.3 Å². The molecule has 4 rings (SSSR count). The lowest BCUT2D eigenvalue weighted by atomic mass is 9.96. The Morgan fingerprint density at radius 3 is 2.56 bits per heavy atom. The smallest absolute Gasteiger partial charge is 0.241 e. The third-order valence-electron chi connectivity index (χ3n) is 6.05. The molecular formula is C25H29ClN4O4. The van der Waals surface area contributed by atoms with E-state index in [4.69, 9.17) is 25.6 Å². The predicted octanol–water partition coefficient (Wildman–Crippen LogP) is 3.98. The highest BCUT2D eigenvalue weighted by Gasteiger charge is 2.26. The van der Waals surface area contributed by atoms with Crippen LogP contribution in [0.15, 0.2) is 47.0 Å². The number of hydrogen-bond donors (Lipinski definition) is 1. The van der Waals surface area contributed by atoms with E-state index in [1.54, 1.807) is 14.2 Å². The molecule has 9 heteroatoms. The van der Waals surface area contributed by atoms with Gasteiger partial charge in [-0.25, -0.2) is 0 Å². The highest BCUT2D eigenvalue weighted by molar-refractivity contribution is 6.30. The summed E-state index contributed by atoms with van der Waals surface area (Å²) in [5, 5.41) is 7.90.